The average Bonchev–Trinajstić information content (AvgIpc) is 3.30. The Hall–Kier alpha value is -3.86. The van der Waals surface area contributed by atoms with Crippen molar-refractivity contribution in [2.24, 2.45) is 0 Å². The monoisotopic (exact) mass is 391 g/mol. The van der Waals surface area contributed by atoms with Crippen molar-refractivity contribution in [3.63, 3.8) is 0 Å². The molecule has 0 aliphatic carbocycles. The number of amides is 1. The van der Waals surface area contributed by atoms with Crippen molar-refractivity contribution < 1.29 is 14.3 Å². The molecule has 3 aromatic rings. The fourth-order valence-corrected chi connectivity index (χ4v) is 2.66. The Labute approximate surface area is 168 Å². The zero-order valence-electron chi connectivity index (χ0n) is 16.0. The summed E-state index contributed by atoms with van der Waals surface area (Å²) in [7, 11) is 1.52. The number of hydrogen-bond donors (Lipinski definition) is 1. The van der Waals surface area contributed by atoms with Gasteiger partial charge in [0, 0.05) is 37.6 Å². The van der Waals surface area contributed by atoms with Crippen LogP contribution in [0.2, 0.25) is 0 Å². The van der Waals surface area contributed by atoms with E-state index in [1.54, 1.807) is 35.3 Å². The topological polar surface area (TPSA) is 102 Å². The Kier molecular flexibility index (Phi) is 6.79. The molecule has 0 aliphatic rings. The Morgan fingerprint density at radius 2 is 2.14 bits per heavy atom. The predicted molar refractivity (Wildman–Crippen MR) is 106 cm³/mol. The first-order chi connectivity index (χ1) is 14.2. The molecule has 29 heavy (non-hydrogen) atoms. The van der Waals surface area contributed by atoms with Crippen LogP contribution in [0.5, 0.6) is 11.5 Å². The molecule has 0 aliphatic heterocycles. The van der Waals surface area contributed by atoms with Gasteiger partial charge in [-0.1, -0.05) is 0 Å². The zero-order valence-corrected chi connectivity index (χ0v) is 16.0. The lowest BCUT2D eigenvalue weighted by atomic mass is 10.2. The molecule has 0 saturated carbocycles. The highest BCUT2D eigenvalue weighted by atomic mass is 16.5. The predicted octanol–water partition coefficient (Wildman–Crippen LogP) is 2.62. The molecular formula is C21H21N5O3. The number of aromatic nitrogens is 3. The number of carbonyl (C=O) groups excluding carboxylic acids is 1. The first-order valence-corrected chi connectivity index (χ1v) is 9.12. The molecule has 0 radical (unpaired) electrons. The molecular weight excluding hydrogens is 370 g/mol. The molecule has 0 unspecified atom stereocenters. The van der Waals surface area contributed by atoms with Crippen molar-refractivity contribution >= 4 is 5.91 Å². The van der Waals surface area contributed by atoms with Gasteiger partial charge in [0.1, 0.15) is 0 Å². The van der Waals surface area contributed by atoms with Crippen molar-refractivity contribution in [3.05, 3.63) is 66.1 Å². The number of nitriles is 1. The SMILES string of the molecule is COc1cc(C#N)ccc1OCCCC(=O)NCc1ccnc(-n2cccn2)c1. The summed E-state index contributed by atoms with van der Waals surface area (Å²) in [5.74, 6) is 1.69. The maximum atomic E-state index is 12.1. The largest absolute Gasteiger partial charge is 0.493 e. The van der Waals surface area contributed by atoms with E-state index >= 15 is 0 Å². The number of hydrogen-bond acceptors (Lipinski definition) is 6. The van der Waals surface area contributed by atoms with Crippen molar-refractivity contribution in [2.75, 3.05) is 13.7 Å². The standard InChI is InChI=1S/C21H21N5O3/c1-28-19-12-16(14-22)5-6-18(19)29-11-2-4-21(27)24-15-17-7-9-23-20(13-17)26-10-3-8-25-26/h3,5-10,12-13H,2,4,11,15H2,1H3,(H,24,27). The minimum Gasteiger partial charge on any atom is -0.493 e. The molecule has 0 atom stereocenters. The highest BCUT2D eigenvalue weighted by Gasteiger charge is 2.07. The van der Waals surface area contributed by atoms with Crippen LogP contribution in [0.1, 0.15) is 24.0 Å². The molecule has 1 amide bonds. The van der Waals surface area contributed by atoms with Gasteiger partial charge in [-0.2, -0.15) is 10.4 Å². The molecule has 0 spiro atoms. The van der Waals surface area contributed by atoms with Gasteiger partial charge in [-0.3, -0.25) is 4.79 Å². The Bertz CT molecular complexity index is 996. The number of carbonyl (C=O) groups is 1. The van der Waals surface area contributed by atoms with Crippen LogP contribution in [0.15, 0.2) is 55.0 Å². The van der Waals surface area contributed by atoms with Crippen molar-refractivity contribution in [3.8, 4) is 23.4 Å². The van der Waals surface area contributed by atoms with E-state index in [4.69, 9.17) is 14.7 Å². The quantitative estimate of drug-likeness (QED) is 0.563. The normalized spacial score (nSPS) is 10.2. The van der Waals surface area contributed by atoms with Crippen LogP contribution < -0.4 is 14.8 Å². The Balaban J connectivity index is 1.42. The van der Waals surface area contributed by atoms with Gasteiger partial charge in [0.25, 0.3) is 0 Å². The fraction of sp³-hybridized carbons (Fsp3) is 0.238. The highest BCUT2D eigenvalue weighted by molar-refractivity contribution is 5.75. The summed E-state index contributed by atoms with van der Waals surface area (Å²) in [6, 6.07) is 12.6. The smallest absolute Gasteiger partial charge is 0.220 e. The van der Waals surface area contributed by atoms with Crippen LogP contribution in [0.3, 0.4) is 0 Å². The van der Waals surface area contributed by atoms with Crippen molar-refractivity contribution in [1.29, 1.82) is 5.26 Å². The third-order valence-corrected chi connectivity index (χ3v) is 4.14. The van der Waals surface area contributed by atoms with Crippen LogP contribution in [0.4, 0.5) is 0 Å². The van der Waals surface area contributed by atoms with Crippen molar-refractivity contribution in [1.82, 2.24) is 20.1 Å². The molecule has 1 N–H and O–H groups in total. The molecule has 8 nitrogen and oxygen atoms in total. The lowest BCUT2D eigenvalue weighted by molar-refractivity contribution is -0.121. The number of rotatable bonds is 9. The maximum absolute atomic E-state index is 12.1. The summed E-state index contributed by atoms with van der Waals surface area (Å²) >= 11 is 0. The van der Waals surface area contributed by atoms with E-state index in [-0.39, 0.29) is 5.91 Å². The third kappa shape index (κ3) is 5.56. The van der Waals surface area contributed by atoms with Gasteiger partial charge in [0.2, 0.25) is 5.91 Å². The van der Waals surface area contributed by atoms with E-state index in [0.29, 0.717) is 48.9 Å². The number of nitrogens with zero attached hydrogens (tertiary/aromatic N) is 4. The number of nitrogens with one attached hydrogen (secondary N) is 1. The summed E-state index contributed by atoms with van der Waals surface area (Å²) in [5.41, 5.74) is 1.44. The number of pyridine rings is 1. The highest BCUT2D eigenvalue weighted by Crippen LogP contribution is 2.27. The first kappa shape index (κ1) is 19.9. The van der Waals surface area contributed by atoms with Gasteiger partial charge in [-0.05, 0) is 42.3 Å². The minimum absolute atomic E-state index is 0.0576. The van der Waals surface area contributed by atoms with E-state index in [2.05, 4.69) is 21.5 Å². The third-order valence-electron chi connectivity index (χ3n) is 4.14. The molecule has 148 valence electrons. The van der Waals surface area contributed by atoms with E-state index in [1.165, 1.54) is 7.11 Å². The molecule has 1 aromatic carbocycles. The Morgan fingerprint density at radius 1 is 1.24 bits per heavy atom. The average molecular weight is 391 g/mol. The van der Waals surface area contributed by atoms with E-state index < -0.39 is 0 Å². The van der Waals surface area contributed by atoms with Crippen LogP contribution in [0, 0.1) is 11.3 Å². The molecule has 0 fully saturated rings. The van der Waals surface area contributed by atoms with Gasteiger partial charge in [0.05, 0.1) is 25.3 Å². The fourth-order valence-electron chi connectivity index (χ4n) is 2.66. The molecule has 0 saturated heterocycles. The lowest BCUT2D eigenvalue weighted by Gasteiger charge is -2.11. The van der Waals surface area contributed by atoms with Gasteiger partial charge >= 0.3 is 0 Å². The van der Waals surface area contributed by atoms with Gasteiger partial charge in [-0.25, -0.2) is 9.67 Å². The molecule has 2 heterocycles. The summed E-state index contributed by atoms with van der Waals surface area (Å²) < 4.78 is 12.6. The zero-order chi connectivity index (χ0) is 20.5. The van der Waals surface area contributed by atoms with Crippen LogP contribution in [-0.4, -0.2) is 34.4 Å². The van der Waals surface area contributed by atoms with Crippen LogP contribution >= 0.6 is 0 Å². The molecule has 0 bridgehead atoms. The number of benzene rings is 1. The van der Waals surface area contributed by atoms with Crippen molar-refractivity contribution in [2.45, 2.75) is 19.4 Å². The second-order valence-corrected chi connectivity index (χ2v) is 6.18. The van der Waals surface area contributed by atoms with Gasteiger partial charge in [-0.15, -0.1) is 0 Å². The summed E-state index contributed by atoms with van der Waals surface area (Å²) in [6.45, 7) is 0.786. The van der Waals surface area contributed by atoms with E-state index in [9.17, 15) is 4.79 Å². The minimum atomic E-state index is -0.0576. The van der Waals surface area contributed by atoms with Gasteiger partial charge < -0.3 is 14.8 Å². The molecule has 3 rings (SSSR count). The number of methoxy groups -OCH3 is 1. The number of ether oxygens (including phenoxy) is 2. The van der Waals surface area contributed by atoms with Gasteiger partial charge in [0.15, 0.2) is 17.3 Å². The summed E-state index contributed by atoms with van der Waals surface area (Å²) in [5, 5.41) is 16.0. The maximum Gasteiger partial charge on any atom is 0.220 e. The van der Waals surface area contributed by atoms with E-state index in [0.717, 1.165) is 5.56 Å². The molecule has 8 heteroatoms. The summed E-state index contributed by atoms with van der Waals surface area (Å²) in [4.78, 5) is 16.4. The summed E-state index contributed by atoms with van der Waals surface area (Å²) in [6.07, 6.45) is 6.09. The van der Waals surface area contributed by atoms with Crippen LogP contribution in [-0.2, 0) is 11.3 Å². The second-order valence-electron chi connectivity index (χ2n) is 6.18. The van der Waals surface area contributed by atoms with E-state index in [1.807, 2.05) is 24.4 Å². The Morgan fingerprint density at radius 3 is 2.90 bits per heavy atom. The second kappa shape index (κ2) is 9.90. The first-order valence-electron chi connectivity index (χ1n) is 9.12. The van der Waals surface area contributed by atoms with Crippen LogP contribution in [0.25, 0.3) is 5.82 Å². The molecule has 2 aromatic heterocycles. The lowest BCUT2D eigenvalue weighted by Crippen LogP contribution is -2.23.